The number of hydrogen-bond donors (Lipinski definition) is 2. The van der Waals surface area contributed by atoms with Gasteiger partial charge in [0, 0.05) is 12.6 Å². The average molecular weight is 263 g/mol. The molecule has 2 N–H and O–H groups in total. The Morgan fingerprint density at radius 2 is 1.95 bits per heavy atom. The Balaban J connectivity index is 2.09. The standard InChI is InChI=1S/C16H25NO2/c1-16(19,14-8-4-2-5-9-14)13-17-11-7-3-6-10-15(17)12-18/h2,4-5,8-9,15,18-19H,3,6-7,10-13H2,1H3. The second-order valence-corrected chi connectivity index (χ2v) is 5.80. The summed E-state index contributed by atoms with van der Waals surface area (Å²) in [6.45, 7) is 3.60. The first kappa shape index (κ1) is 14.5. The lowest BCUT2D eigenvalue weighted by Gasteiger charge is -2.35. The minimum absolute atomic E-state index is 0.185. The summed E-state index contributed by atoms with van der Waals surface area (Å²) in [5, 5.41) is 20.3. The highest BCUT2D eigenvalue weighted by atomic mass is 16.3. The summed E-state index contributed by atoms with van der Waals surface area (Å²) in [6.07, 6.45) is 4.58. The molecular formula is C16H25NO2. The zero-order chi connectivity index (χ0) is 13.7. The van der Waals surface area contributed by atoms with E-state index in [9.17, 15) is 10.2 Å². The van der Waals surface area contributed by atoms with Crippen molar-refractivity contribution in [3.63, 3.8) is 0 Å². The maximum atomic E-state index is 10.7. The number of aliphatic hydroxyl groups excluding tert-OH is 1. The van der Waals surface area contributed by atoms with Gasteiger partial charge in [0.1, 0.15) is 0 Å². The van der Waals surface area contributed by atoms with E-state index in [1.807, 2.05) is 37.3 Å². The molecule has 1 aromatic rings. The van der Waals surface area contributed by atoms with E-state index in [1.54, 1.807) is 0 Å². The van der Waals surface area contributed by atoms with Crippen molar-refractivity contribution in [2.45, 2.75) is 44.2 Å². The Hall–Kier alpha value is -0.900. The van der Waals surface area contributed by atoms with E-state index in [1.165, 1.54) is 12.8 Å². The van der Waals surface area contributed by atoms with E-state index in [0.29, 0.717) is 6.54 Å². The minimum atomic E-state index is -0.862. The van der Waals surface area contributed by atoms with Gasteiger partial charge >= 0.3 is 0 Å². The molecule has 1 aromatic carbocycles. The van der Waals surface area contributed by atoms with Crippen molar-refractivity contribution in [1.82, 2.24) is 4.90 Å². The van der Waals surface area contributed by atoms with Gasteiger partial charge in [0.15, 0.2) is 0 Å². The first-order valence-electron chi connectivity index (χ1n) is 7.26. The van der Waals surface area contributed by atoms with Gasteiger partial charge in [-0.25, -0.2) is 0 Å². The number of nitrogens with zero attached hydrogens (tertiary/aromatic N) is 1. The zero-order valence-electron chi connectivity index (χ0n) is 11.8. The molecule has 1 aliphatic heterocycles. The molecule has 2 rings (SSSR count). The molecule has 0 aromatic heterocycles. The second-order valence-electron chi connectivity index (χ2n) is 5.80. The van der Waals surface area contributed by atoms with Crippen molar-refractivity contribution >= 4 is 0 Å². The number of β-amino-alcohol motifs (C(OH)–C–C–N with tert-alkyl or cyclic N) is 1. The molecule has 0 saturated carbocycles. The maximum absolute atomic E-state index is 10.7. The highest BCUT2D eigenvalue weighted by Gasteiger charge is 2.30. The Bertz CT molecular complexity index is 378. The summed E-state index contributed by atoms with van der Waals surface area (Å²) < 4.78 is 0. The topological polar surface area (TPSA) is 43.7 Å². The molecule has 1 aliphatic rings. The number of aliphatic hydroxyl groups is 2. The quantitative estimate of drug-likeness (QED) is 0.874. The van der Waals surface area contributed by atoms with E-state index in [0.717, 1.165) is 24.9 Å². The SMILES string of the molecule is CC(O)(CN1CCCCCC1CO)c1ccccc1. The lowest BCUT2D eigenvalue weighted by atomic mass is 9.94. The van der Waals surface area contributed by atoms with Crippen molar-refractivity contribution in [3.8, 4) is 0 Å². The molecule has 2 atom stereocenters. The predicted octanol–water partition coefficient (Wildman–Crippen LogP) is 2.13. The van der Waals surface area contributed by atoms with Gasteiger partial charge in [0.25, 0.3) is 0 Å². The van der Waals surface area contributed by atoms with Crippen LogP contribution in [0, 0.1) is 0 Å². The minimum Gasteiger partial charge on any atom is -0.395 e. The normalized spacial score (nSPS) is 24.7. The van der Waals surface area contributed by atoms with E-state index >= 15 is 0 Å². The van der Waals surface area contributed by atoms with Gasteiger partial charge in [-0.2, -0.15) is 0 Å². The predicted molar refractivity (Wildman–Crippen MR) is 76.9 cm³/mol. The van der Waals surface area contributed by atoms with Crippen LogP contribution in [-0.4, -0.2) is 40.9 Å². The maximum Gasteiger partial charge on any atom is 0.0994 e. The molecular weight excluding hydrogens is 238 g/mol. The van der Waals surface area contributed by atoms with Gasteiger partial charge in [0.05, 0.1) is 12.2 Å². The van der Waals surface area contributed by atoms with Gasteiger partial charge < -0.3 is 10.2 Å². The van der Waals surface area contributed by atoms with E-state index in [2.05, 4.69) is 4.90 Å². The van der Waals surface area contributed by atoms with Crippen LogP contribution in [0.4, 0.5) is 0 Å². The average Bonchev–Trinajstić information content (AvgIpc) is 2.64. The van der Waals surface area contributed by atoms with Crippen LogP contribution in [-0.2, 0) is 5.60 Å². The molecule has 0 amide bonds. The van der Waals surface area contributed by atoms with Gasteiger partial charge in [-0.1, -0.05) is 43.2 Å². The summed E-state index contributed by atoms with van der Waals surface area (Å²) in [7, 11) is 0. The van der Waals surface area contributed by atoms with Crippen molar-refractivity contribution in [2.75, 3.05) is 19.7 Å². The molecule has 0 aliphatic carbocycles. The Labute approximate surface area is 115 Å². The Morgan fingerprint density at radius 1 is 1.21 bits per heavy atom. The summed E-state index contributed by atoms with van der Waals surface area (Å²) in [6, 6.07) is 9.99. The Kier molecular flexibility index (Phi) is 4.97. The number of likely N-dealkylation sites (tertiary alicyclic amines) is 1. The molecule has 1 heterocycles. The molecule has 2 unspecified atom stereocenters. The zero-order valence-corrected chi connectivity index (χ0v) is 11.8. The van der Waals surface area contributed by atoms with Crippen LogP contribution in [0.5, 0.6) is 0 Å². The summed E-state index contributed by atoms with van der Waals surface area (Å²) in [5.41, 5.74) is 0.0786. The first-order valence-corrected chi connectivity index (χ1v) is 7.26. The molecule has 0 radical (unpaired) electrons. The lowest BCUT2D eigenvalue weighted by Crippen LogP contribution is -2.45. The monoisotopic (exact) mass is 263 g/mol. The number of rotatable bonds is 4. The summed E-state index contributed by atoms with van der Waals surface area (Å²) >= 11 is 0. The number of hydrogen-bond acceptors (Lipinski definition) is 3. The van der Waals surface area contributed by atoms with Crippen LogP contribution in [0.25, 0.3) is 0 Å². The van der Waals surface area contributed by atoms with Gasteiger partial charge in [-0.05, 0) is 31.9 Å². The smallest absolute Gasteiger partial charge is 0.0994 e. The molecule has 19 heavy (non-hydrogen) atoms. The van der Waals surface area contributed by atoms with Crippen molar-refractivity contribution in [3.05, 3.63) is 35.9 Å². The van der Waals surface area contributed by atoms with Crippen LogP contribution >= 0.6 is 0 Å². The largest absolute Gasteiger partial charge is 0.395 e. The first-order chi connectivity index (χ1) is 9.13. The molecule has 106 valence electrons. The number of benzene rings is 1. The van der Waals surface area contributed by atoms with E-state index < -0.39 is 5.60 Å². The van der Waals surface area contributed by atoms with Gasteiger partial charge in [0.2, 0.25) is 0 Å². The molecule has 3 heteroatoms. The van der Waals surface area contributed by atoms with Crippen LogP contribution in [0.1, 0.15) is 38.2 Å². The van der Waals surface area contributed by atoms with Crippen LogP contribution < -0.4 is 0 Å². The van der Waals surface area contributed by atoms with E-state index in [-0.39, 0.29) is 12.6 Å². The molecule has 1 fully saturated rings. The third-order valence-corrected chi connectivity index (χ3v) is 4.12. The second kappa shape index (κ2) is 6.51. The summed E-state index contributed by atoms with van der Waals surface area (Å²) in [5.74, 6) is 0. The third-order valence-electron chi connectivity index (χ3n) is 4.12. The van der Waals surface area contributed by atoms with Gasteiger partial charge in [-0.15, -0.1) is 0 Å². The van der Waals surface area contributed by atoms with Crippen molar-refractivity contribution in [2.24, 2.45) is 0 Å². The fourth-order valence-corrected chi connectivity index (χ4v) is 2.94. The third kappa shape index (κ3) is 3.78. The van der Waals surface area contributed by atoms with Crippen molar-refractivity contribution < 1.29 is 10.2 Å². The summed E-state index contributed by atoms with van der Waals surface area (Å²) in [4.78, 5) is 2.25. The highest BCUT2D eigenvalue weighted by molar-refractivity contribution is 5.21. The van der Waals surface area contributed by atoms with Crippen LogP contribution in [0.2, 0.25) is 0 Å². The molecule has 0 spiro atoms. The molecule has 3 nitrogen and oxygen atoms in total. The lowest BCUT2D eigenvalue weighted by molar-refractivity contribution is -0.00618. The van der Waals surface area contributed by atoms with E-state index in [4.69, 9.17) is 0 Å². The van der Waals surface area contributed by atoms with Crippen LogP contribution in [0.3, 0.4) is 0 Å². The fraction of sp³-hybridized carbons (Fsp3) is 0.625. The van der Waals surface area contributed by atoms with Crippen LogP contribution in [0.15, 0.2) is 30.3 Å². The molecule has 0 bridgehead atoms. The Morgan fingerprint density at radius 3 is 2.63 bits per heavy atom. The van der Waals surface area contributed by atoms with Gasteiger partial charge in [-0.3, -0.25) is 4.90 Å². The fourth-order valence-electron chi connectivity index (χ4n) is 2.94. The molecule has 1 saturated heterocycles. The highest BCUT2D eigenvalue weighted by Crippen LogP contribution is 2.25. The van der Waals surface area contributed by atoms with Crippen molar-refractivity contribution in [1.29, 1.82) is 0 Å².